The summed E-state index contributed by atoms with van der Waals surface area (Å²) in [6.07, 6.45) is -0.412. The fraction of sp³-hybridized carbons (Fsp3) is 0.417. The van der Waals surface area contributed by atoms with E-state index >= 15 is 0 Å². The summed E-state index contributed by atoms with van der Waals surface area (Å²) in [5.41, 5.74) is 0.0839. The van der Waals surface area contributed by atoms with Crippen LogP contribution in [0.5, 0.6) is 0 Å². The van der Waals surface area contributed by atoms with E-state index in [-0.39, 0.29) is 34.8 Å². The summed E-state index contributed by atoms with van der Waals surface area (Å²) in [7, 11) is 0. The number of nitro groups is 1. The lowest BCUT2D eigenvalue weighted by Crippen LogP contribution is -2.47. The zero-order chi connectivity index (χ0) is 14.7. The first-order chi connectivity index (χ1) is 9.54. The highest BCUT2D eigenvalue weighted by molar-refractivity contribution is 9.10. The van der Waals surface area contributed by atoms with Gasteiger partial charge in [-0.15, -0.1) is 0 Å². The lowest BCUT2D eigenvalue weighted by Gasteiger charge is -2.32. The van der Waals surface area contributed by atoms with Crippen LogP contribution in [0.4, 0.5) is 5.69 Å². The molecule has 0 spiro atoms. The number of nitrogens with zero attached hydrogens (tertiary/aromatic N) is 2. The predicted octanol–water partition coefficient (Wildman–Crippen LogP) is 1.19. The molecule has 0 aromatic heterocycles. The third-order valence-corrected chi connectivity index (χ3v) is 3.87. The van der Waals surface area contributed by atoms with E-state index in [1.54, 1.807) is 0 Å². The molecule has 1 fully saturated rings. The van der Waals surface area contributed by atoms with E-state index in [4.69, 9.17) is 9.84 Å². The van der Waals surface area contributed by atoms with Gasteiger partial charge in [0.05, 0.1) is 29.8 Å². The Kier molecular flexibility index (Phi) is 4.69. The van der Waals surface area contributed by atoms with Crippen LogP contribution in [0, 0.1) is 10.1 Å². The van der Waals surface area contributed by atoms with Crippen molar-refractivity contribution in [1.82, 2.24) is 4.90 Å². The highest BCUT2D eigenvalue weighted by atomic mass is 79.9. The number of halogens is 1. The van der Waals surface area contributed by atoms with Crippen LogP contribution in [-0.4, -0.2) is 53.2 Å². The zero-order valence-electron chi connectivity index (χ0n) is 10.5. The van der Waals surface area contributed by atoms with Crippen molar-refractivity contribution in [1.29, 1.82) is 0 Å². The molecule has 7 nitrogen and oxygen atoms in total. The number of nitro benzene ring substituents is 1. The minimum atomic E-state index is -0.545. The molecule has 1 aliphatic heterocycles. The summed E-state index contributed by atoms with van der Waals surface area (Å²) in [4.78, 5) is 24.2. The van der Waals surface area contributed by atoms with Gasteiger partial charge in [-0.25, -0.2) is 0 Å². The monoisotopic (exact) mass is 344 g/mol. The van der Waals surface area contributed by atoms with Gasteiger partial charge in [-0.3, -0.25) is 14.9 Å². The number of carbonyl (C=O) groups is 1. The van der Waals surface area contributed by atoms with Gasteiger partial charge >= 0.3 is 0 Å². The topological polar surface area (TPSA) is 92.9 Å². The normalized spacial score (nSPS) is 18.9. The largest absolute Gasteiger partial charge is 0.394 e. The summed E-state index contributed by atoms with van der Waals surface area (Å²) in [5, 5.41) is 19.9. The molecule has 1 aromatic carbocycles. The number of hydrogen-bond acceptors (Lipinski definition) is 5. The van der Waals surface area contributed by atoms with Crippen molar-refractivity contribution in [2.75, 3.05) is 26.3 Å². The standard InChI is InChI=1S/C12H13BrN2O5/c13-11-9(2-1-3-10(11)15(18)19)12(17)14-4-5-20-8(6-14)7-16/h1-3,8,16H,4-7H2. The quantitative estimate of drug-likeness (QED) is 0.656. The second-order valence-electron chi connectivity index (χ2n) is 4.32. The van der Waals surface area contributed by atoms with Gasteiger partial charge in [-0.05, 0) is 22.0 Å². The third-order valence-electron chi connectivity index (χ3n) is 3.04. The average molecular weight is 345 g/mol. The van der Waals surface area contributed by atoms with Crippen LogP contribution in [0.2, 0.25) is 0 Å². The van der Waals surface area contributed by atoms with Crippen molar-refractivity contribution in [2.45, 2.75) is 6.10 Å². The predicted molar refractivity (Wildman–Crippen MR) is 73.5 cm³/mol. The Bertz CT molecular complexity index is 537. The Labute approximate surface area is 123 Å². The highest BCUT2D eigenvalue weighted by Gasteiger charge is 2.27. The summed E-state index contributed by atoms with van der Waals surface area (Å²) in [5.74, 6) is -0.317. The molecule has 1 atom stereocenters. The van der Waals surface area contributed by atoms with E-state index in [1.807, 2.05) is 0 Å². The van der Waals surface area contributed by atoms with E-state index in [0.29, 0.717) is 13.2 Å². The molecule has 1 saturated heterocycles. The van der Waals surface area contributed by atoms with Crippen LogP contribution in [0.1, 0.15) is 10.4 Å². The lowest BCUT2D eigenvalue weighted by atomic mass is 10.1. The van der Waals surface area contributed by atoms with Gasteiger partial charge in [0.15, 0.2) is 0 Å². The van der Waals surface area contributed by atoms with Crippen molar-refractivity contribution in [2.24, 2.45) is 0 Å². The summed E-state index contributed by atoms with van der Waals surface area (Å²) in [6, 6.07) is 4.33. The van der Waals surface area contributed by atoms with Crippen molar-refractivity contribution >= 4 is 27.5 Å². The van der Waals surface area contributed by atoms with Crippen LogP contribution in [0.15, 0.2) is 22.7 Å². The second kappa shape index (κ2) is 6.29. The summed E-state index contributed by atoms with van der Waals surface area (Å²) < 4.78 is 5.44. The number of rotatable bonds is 3. The molecule has 1 heterocycles. The van der Waals surface area contributed by atoms with Crippen molar-refractivity contribution in [3.63, 3.8) is 0 Å². The molecule has 1 amide bonds. The van der Waals surface area contributed by atoms with Gasteiger partial charge in [0.25, 0.3) is 11.6 Å². The first-order valence-electron chi connectivity index (χ1n) is 5.99. The minimum absolute atomic E-state index is 0.150. The van der Waals surface area contributed by atoms with Crippen molar-refractivity contribution in [3.05, 3.63) is 38.3 Å². The van der Waals surface area contributed by atoms with Crippen LogP contribution >= 0.6 is 15.9 Å². The number of hydrogen-bond donors (Lipinski definition) is 1. The molecule has 2 rings (SSSR count). The first kappa shape index (κ1) is 14.9. The smallest absolute Gasteiger partial charge is 0.284 e. The molecular weight excluding hydrogens is 332 g/mol. The van der Waals surface area contributed by atoms with Gasteiger partial charge in [-0.1, -0.05) is 6.07 Å². The summed E-state index contributed by atoms with van der Waals surface area (Å²) >= 11 is 3.11. The second-order valence-corrected chi connectivity index (χ2v) is 5.12. The molecule has 108 valence electrons. The number of ether oxygens (including phenoxy) is 1. The molecule has 0 radical (unpaired) electrons. The Morgan fingerprint density at radius 3 is 3.00 bits per heavy atom. The number of aliphatic hydroxyl groups is 1. The molecule has 20 heavy (non-hydrogen) atoms. The maximum Gasteiger partial charge on any atom is 0.284 e. The molecule has 1 aliphatic rings. The van der Waals surface area contributed by atoms with Gasteiger partial charge in [-0.2, -0.15) is 0 Å². The number of morpholine rings is 1. The number of aliphatic hydroxyl groups excluding tert-OH is 1. The SMILES string of the molecule is O=C(c1cccc([N+](=O)[O-])c1Br)N1CCOC(CO)C1. The molecule has 1 aromatic rings. The molecule has 1 N–H and O–H groups in total. The van der Waals surface area contributed by atoms with Crippen molar-refractivity contribution < 1.29 is 19.6 Å². The van der Waals surface area contributed by atoms with E-state index in [2.05, 4.69) is 15.9 Å². The van der Waals surface area contributed by atoms with Gasteiger partial charge in [0, 0.05) is 19.2 Å². The van der Waals surface area contributed by atoms with Gasteiger partial charge in [0.2, 0.25) is 0 Å². The van der Waals surface area contributed by atoms with E-state index < -0.39 is 11.0 Å². The van der Waals surface area contributed by atoms with Crippen molar-refractivity contribution in [3.8, 4) is 0 Å². The molecule has 8 heteroatoms. The molecule has 0 bridgehead atoms. The fourth-order valence-electron chi connectivity index (χ4n) is 2.01. The van der Waals surface area contributed by atoms with Crippen LogP contribution < -0.4 is 0 Å². The maximum absolute atomic E-state index is 12.4. The van der Waals surface area contributed by atoms with Gasteiger partial charge in [0.1, 0.15) is 4.47 Å². The van der Waals surface area contributed by atoms with Crippen LogP contribution in [0.3, 0.4) is 0 Å². The lowest BCUT2D eigenvalue weighted by molar-refractivity contribution is -0.385. The third kappa shape index (κ3) is 2.97. The van der Waals surface area contributed by atoms with E-state index in [1.165, 1.54) is 23.1 Å². The Morgan fingerprint density at radius 1 is 1.60 bits per heavy atom. The molecule has 0 aliphatic carbocycles. The zero-order valence-corrected chi connectivity index (χ0v) is 12.1. The number of carbonyl (C=O) groups excluding carboxylic acids is 1. The fourth-order valence-corrected chi connectivity index (χ4v) is 2.59. The minimum Gasteiger partial charge on any atom is -0.394 e. The first-order valence-corrected chi connectivity index (χ1v) is 6.78. The van der Waals surface area contributed by atoms with E-state index in [0.717, 1.165) is 0 Å². The molecular formula is C12H13BrN2O5. The van der Waals surface area contributed by atoms with E-state index in [9.17, 15) is 14.9 Å². The summed E-state index contributed by atoms with van der Waals surface area (Å²) in [6.45, 7) is 0.832. The van der Waals surface area contributed by atoms with Crippen LogP contribution in [0.25, 0.3) is 0 Å². The Hall–Kier alpha value is -1.51. The Morgan fingerprint density at radius 2 is 2.35 bits per heavy atom. The van der Waals surface area contributed by atoms with Crippen LogP contribution in [-0.2, 0) is 4.74 Å². The average Bonchev–Trinajstić information content (AvgIpc) is 2.46. The number of benzene rings is 1. The highest BCUT2D eigenvalue weighted by Crippen LogP contribution is 2.29. The van der Waals surface area contributed by atoms with Gasteiger partial charge < -0.3 is 14.7 Å². The number of amides is 1. The Balaban J connectivity index is 2.25. The maximum atomic E-state index is 12.4. The molecule has 1 unspecified atom stereocenters. The molecule has 0 saturated carbocycles.